The zero-order valence-corrected chi connectivity index (χ0v) is 15.5. The molecule has 1 aromatic carbocycles. The Morgan fingerprint density at radius 3 is 2.75 bits per heavy atom. The highest BCUT2D eigenvalue weighted by molar-refractivity contribution is 7.93. The molecule has 0 radical (unpaired) electrons. The molecule has 130 valence electrons. The molecule has 1 saturated heterocycles. The number of nitrogens with one attached hydrogen (secondary N) is 2. The summed E-state index contributed by atoms with van der Waals surface area (Å²) < 4.78 is 33.2. The topological polar surface area (TPSA) is 80.3 Å². The Kier molecular flexibility index (Phi) is 5.00. The number of aromatic nitrogens is 1. The molecule has 0 atom stereocenters. The van der Waals surface area contributed by atoms with E-state index in [1.807, 2.05) is 6.92 Å². The van der Waals surface area contributed by atoms with Crippen LogP contribution < -0.4 is 14.8 Å². The van der Waals surface area contributed by atoms with Crippen LogP contribution in [0.5, 0.6) is 5.75 Å². The largest absolute Gasteiger partial charge is 0.486 e. The molecule has 2 aromatic rings. The average Bonchev–Trinajstić information content (AvgIpc) is 3.02. The Balaban J connectivity index is 1.79. The Labute approximate surface area is 150 Å². The van der Waals surface area contributed by atoms with Crippen molar-refractivity contribution >= 4 is 38.1 Å². The van der Waals surface area contributed by atoms with Crippen LogP contribution in [0, 0.1) is 0 Å². The maximum Gasteiger partial charge on any atom is 0.263 e. The van der Waals surface area contributed by atoms with Crippen LogP contribution in [0.1, 0.15) is 19.8 Å². The van der Waals surface area contributed by atoms with E-state index in [0.29, 0.717) is 10.9 Å². The molecule has 1 aliphatic heterocycles. The monoisotopic (exact) mass is 387 g/mol. The summed E-state index contributed by atoms with van der Waals surface area (Å²) >= 11 is 7.46. The lowest BCUT2D eigenvalue weighted by Gasteiger charge is -2.35. The van der Waals surface area contributed by atoms with Crippen molar-refractivity contribution in [2.75, 3.05) is 17.8 Å². The van der Waals surface area contributed by atoms with Crippen LogP contribution in [0.25, 0.3) is 0 Å². The maximum atomic E-state index is 12.4. The number of ether oxygens (including phenoxy) is 1. The Bertz CT molecular complexity index is 803. The first kappa shape index (κ1) is 17.5. The number of anilines is 1. The van der Waals surface area contributed by atoms with Gasteiger partial charge in [0.2, 0.25) is 0 Å². The van der Waals surface area contributed by atoms with Crippen molar-refractivity contribution in [3.63, 3.8) is 0 Å². The number of rotatable bonds is 5. The van der Waals surface area contributed by atoms with Crippen molar-refractivity contribution in [1.82, 2.24) is 10.3 Å². The van der Waals surface area contributed by atoms with E-state index in [1.165, 1.54) is 29.7 Å². The molecule has 1 fully saturated rings. The number of hydrogen-bond acceptors (Lipinski definition) is 6. The summed E-state index contributed by atoms with van der Waals surface area (Å²) in [6, 6.07) is 4.49. The summed E-state index contributed by atoms with van der Waals surface area (Å²) in [6.45, 7) is 3.81. The summed E-state index contributed by atoms with van der Waals surface area (Å²) in [5.74, 6) is 0.495. The van der Waals surface area contributed by atoms with Gasteiger partial charge in [0.05, 0.1) is 9.92 Å². The highest BCUT2D eigenvalue weighted by Crippen LogP contribution is 2.33. The van der Waals surface area contributed by atoms with Crippen LogP contribution in [-0.2, 0) is 10.0 Å². The molecule has 0 aliphatic carbocycles. The van der Waals surface area contributed by atoms with E-state index in [0.717, 1.165) is 25.9 Å². The smallest absolute Gasteiger partial charge is 0.263 e. The third-order valence-corrected chi connectivity index (χ3v) is 6.33. The summed E-state index contributed by atoms with van der Waals surface area (Å²) in [5.41, 5.74) is -0.297. The van der Waals surface area contributed by atoms with Gasteiger partial charge < -0.3 is 10.1 Å². The molecule has 24 heavy (non-hydrogen) atoms. The van der Waals surface area contributed by atoms with E-state index in [4.69, 9.17) is 16.3 Å². The minimum absolute atomic E-state index is 0.0745. The molecule has 0 unspecified atom stereocenters. The van der Waals surface area contributed by atoms with Crippen molar-refractivity contribution in [3.05, 3.63) is 34.8 Å². The molecule has 1 aliphatic rings. The molecule has 2 heterocycles. The minimum atomic E-state index is -3.72. The molecule has 6 nitrogen and oxygen atoms in total. The molecule has 0 saturated carbocycles. The van der Waals surface area contributed by atoms with Gasteiger partial charge in [-0.15, -0.1) is 11.3 Å². The third kappa shape index (κ3) is 4.00. The van der Waals surface area contributed by atoms with Gasteiger partial charge in [0.25, 0.3) is 10.0 Å². The second kappa shape index (κ2) is 6.87. The SMILES string of the molecule is CC1(Oc2ccc(S(=O)(=O)Nc3nccs3)cc2Cl)CCNCC1. The second-order valence-electron chi connectivity index (χ2n) is 5.84. The average molecular weight is 388 g/mol. The number of benzene rings is 1. The van der Waals surface area contributed by atoms with Gasteiger partial charge in [0.1, 0.15) is 11.4 Å². The number of sulfonamides is 1. The summed E-state index contributed by atoms with van der Waals surface area (Å²) in [4.78, 5) is 3.99. The fourth-order valence-corrected chi connectivity index (χ4v) is 4.60. The predicted octanol–water partition coefficient (Wildman–Crippen LogP) is 3.12. The number of hydrogen-bond donors (Lipinski definition) is 2. The van der Waals surface area contributed by atoms with E-state index < -0.39 is 10.0 Å². The lowest BCUT2D eigenvalue weighted by Crippen LogP contribution is -2.43. The fraction of sp³-hybridized carbons (Fsp3) is 0.400. The summed E-state index contributed by atoms with van der Waals surface area (Å²) in [6.07, 6.45) is 3.27. The first-order valence-corrected chi connectivity index (χ1v) is 10.2. The molecule has 0 bridgehead atoms. The first-order chi connectivity index (χ1) is 11.4. The molecule has 1 aromatic heterocycles. The van der Waals surface area contributed by atoms with Crippen LogP contribution in [0.3, 0.4) is 0 Å². The van der Waals surface area contributed by atoms with Gasteiger partial charge in [0.15, 0.2) is 5.13 Å². The van der Waals surface area contributed by atoms with Crippen LogP contribution in [-0.4, -0.2) is 32.1 Å². The molecular formula is C15H18ClN3O3S2. The van der Waals surface area contributed by atoms with Gasteiger partial charge in [-0.05, 0) is 51.1 Å². The van der Waals surface area contributed by atoms with Crippen molar-refractivity contribution < 1.29 is 13.2 Å². The predicted molar refractivity (Wildman–Crippen MR) is 95.5 cm³/mol. The van der Waals surface area contributed by atoms with E-state index in [-0.39, 0.29) is 15.5 Å². The summed E-state index contributed by atoms with van der Waals surface area (Å²) in [5, 5.41) is 5.57. The van der Waals surface area contributed by atoms with E-state index in [1.54, 1.807) is 11.4 Å². The highest BCUT2D eigenvalue weighted by atomic mass is 35.5. The number of nitrogens with zero attached hydrogens (tertiary/aromatic N) is 1. The minimum Gasteiger partial charge on any atom is -0.486 e. The van der Waals surface area contributed by atoms with Gasteiger partial charge in [-0.3, -0.25) is 4.72 Å². The zero-order valence-electron chi connectivity index (χ0n) is 13.1. The van der Waals surface area contributed by atoms with Crippen molar-refractivity contribution in [2.45, 2.75) is 30.3 Å². The van der Waals surface area contributed by atoms with Crippen LogP contribution >= 0.6 is 22.9 Å². The van der Waals surface area contributed by atoms with Crippen molar-refractivity contribution in [3.8, 4) is 5.75 Å². The fourth-order valence-electron chi connectivity index (χ4n) is 2.50. The van der Waals surface area contributed by atoms with Gasteiger partial charge in [-0.1, -0.05) is 11.6 Å². The zero-order chi connectivity index (χ0) is 17.2. The molecule has 3 rings (SSSR count). The standard InChI is InChI=1S/C15H18ClN3O3S2/c1-15(4-6-17-7-5-15)22-13-3-2-11(10-12(13)16)24(20,21)19-14-18-8-9-23-14/h2-3,8-10,17H,4-7H2,1H3,(H,18,19). The lowest BCUT2D eigenvalue weighted by atomic mass is 9.94. The van der Waals surface area contributed by atoms with E-state index in [9.17, 15) is 8.42 Å². The molecule has 2 N–H and O–H groups in total. The van der Waals surface area contributed by atoms with Crippen LogP contribution in [0.15, 0.2) is 34.7 Å². The number of halogens is 1. The quantitative estimate of drug-likeness (QED) is 0.823. The van der Waals surface area contributed by atoms with Crippen molar-refractivity contribution in [1.29, 1.82) is 0 Å². The second-order valence-corrected chi connectivity index (χ2v) is 8.82. The normalized spacial score (nSPS) is 17.4. The van der Waals surface area contributed by atoms with Crippen LogP contribution in [0.2, 0.25) is 5.02 Å². The highest BCUT2D eigenvalue weighted by Gasteiger charge is 2.29. The number of thiazole rings is 1. The Hall–Kier alpha value is -1.35. The van der Waals surface area contributed by atoms with Crippen molar-refractivity contribution in [2.24, 2.45) is 0 Å². The van der Waals surface area contributed by atoms with Gasteiger partial charge in [0, 0.05) is 11.6 Å². The lowest BCUT2D eigenvalue weighted by molar-refractivity contribution is 0.0556. The van der Waals surface area contributed by atoms with E-state index in [2.05, 4.69) is 15.0 Å². The van der Waals surface area contributed by atoms with E-state index >= 15 is 0 Å². The molecule has 0 spiro atoms. The van der Waals surface area contributed by atoms with Gasteiger partial charge in [-0.2, -0.15) is 0 Å². The maximum absolute atomic E-state index is 12.4. The molecular weight excluding hydrogens is 370 g/mol. The number of piperidine rings is 1. The van der Waals surface area contributed by atoms with Crippen LogP contribution in [0.4, 0.5) is 5.13 Å². The third-order valence-electron chi connectivity index (χ3n) is 3.89. The van der Waals surface area contributed by atoms with Gasteiger partial charge in [-0.25, -0.2) is 13.4 Å². The molecule has 0 amide bonds. The Morgan fingerprint density at radius 2 is 2.12 bits per heavy atom. The Morgan fingerprint density at radius 1 is 1.38 bits per heavy atom. The first-order valence-electron chi connectivity index (χ1n) is 7.50. The van der Waals surface area contributed by atoms with Gasteiger partial charge >= 0.3 is 0 Å². The molecule has 9 heteroatoms. The summed E-state index contributed by atoms with van der Waals surface area (Å²) in [7, 11) is -3.72.